The molecule has 0 spiro atoms. The molecule has 1 aliphatic heterocycles. The number of hydrogen-bond donors (Lipinski definition) is 1. The Balaban J connectivity index is 2.25. The zero-order chi connectivity index (χ0) is 10.2. The Morgan fingerprint density at radius 3 is 3.07 bits per heavy atom. The molecule has 3 nitrogen and oxygen atoms in total. The summed E-state index contributed by atoms with van der Waals surface area (Å²) >= 11 is 0. The quantitative estimate of drug-likeness (QED) is 0.641. The van der Waals surface area contributed by atoms with Gasteiger partial charge in [0.15, 0.2) is 0 Å². The zero-order valence-corrected chi connectivity index (χ0v) is 9.17. The van der Waals surface area contributed by atoms with Crippen LogP contribution in [0.5, 0.6) is 0 Å². The molecule has 3 heteroatoms. The van der Waals surface area contributed by atoms with Crippen molar-refractivity contribution in [2.75, 3.05) is 39.4 Å². The van der Waals surface area contributed by atoms with Crippen LogP contribution in [0.3, 0.4) is 0 Å². The van der Waals surface area contributed by atoms with E-state index in [1.54, 1.807) is 0 Å². The summed E-state index contributed by atoms with van der Waals surface area (Å²) in [5, 5.41) is 3.47. The average Bonchev–Trinajstić information content (AvgIpc) is 2.20. The highest BCUT2D eigenvalue weighted by Gasteiger charge is 2.15. The number of ether oxygens (including phenoxy) is 1. The molecule has 1 atom stereocenters. The third kappa shape index (κ3) is 4.22. The second-order valence-corrected chi connectivity index (χ2v) is 3.77. The van der Waals surface area contributed by atoms with Gasteiger partial charge >= 0.3 is 0 Å². The van der Waals surface area contributed by atoms with Crippen LogP contribution in [-0.4, -0.2) is 50.3 Å². The Morgan fingerprint density at radius 2 is 2.50 bits per heavy atom. The molecule has 0 amide bonds. The highest BCUT2D eigenvalue weighted by molar-refractivity contribution is 4.79. The fraction of sp³-hybridized carbons (Fsp3) is 0.818. The lowest BCUT2D eigenvalue weighted by atomic mass is 10.2. The molecule has 0 aromatic carbocycles. The van der Waals surface area contributed by atoms with Gasteiger partial charge in [0.2, 0.25) is 0 Å². The lowest BCUT2D eigenvalue weighted by Gasteiger charge is -2.29. The maximum Gasteiger partial charge on any atom is 0.0632 e. The third-order valence-corrected chi connectivity index (χ3v) is 2.40. The summed E-state index contributed by atoms with van der Waals surface area (Å²) in [6.07, 6.45) is 3.17. The molecule has 1 N–H and O–H groups in total. The van der Waals surface area contributed by atoms with Crippen LogP contribution in [-0.2, 0) is 4.74 Å². The van der Waals surface area contributed by atoms with Crippen molar-refractivity contribution in [3.8, 4) is 0 Å². The van der Waals surface area contributed by atoms with Crippen molar-refractivity contribution in [2.24, 2.45) is 0 Å². The molecule has 0 aromatic heterocycles. The lowest BCUT2D eigenvalue weighted by Crippen LogP contribution is -2.48. The molecule has 14 heavy (non-hydrogen) atoms. The molecular formula is C11H22N2O. The van der Waals surface area contributed by atoms with Gasteiger partial charge in [0.05, 0.1) is 13.2 Å². The number of nitrogens with zero attached hydrogens (tertiary/aromatic N) is 1. The van der Waals surface area contributed by atoms with Gasteiger partial charge in [-0.15, -0.1) is 6.58 Å². The summed E-state index contributed by atoms with van der Waals surface area (Å²) in [4.78, 5) is 2.42. The molecule has 0 aromatic rings. The van der Waals surface area contributed by atoms with E-state index in [-0.39, 0.29) is 0 Å². The topological polar surface area (TPSA) is 24.5 Å². The van der Waals surface area contributed by atoms with Gasteiger partial charge in [0.1, 0.15) is 0 Å². The molecule has 1 fully saturated rings. The summed E-state index contributed by atoms with van der Waals surface area (Å²) in [7, 11) is 0. The average molecular weight is 198 g/mol. The molecular weight excluding hydrogens is 176 g/mol. The third-order valence-electron chi connectivity index (χ3n) is 2.40. The fourth-order valence-electron chi connectivity index (χ4n) is 1.80. The summed E-state index contributed by atoms with van der Waals surface area (Å²) < 4.78 is 5.42. The summed E-state index contributed by atoms with van der Waals surface area (Å²) in [6.45, 7) is 11.9. The van der Waals surface area contributed by atoms with E-state index < -0.39 is 0 Å². The van der Waals surface area contributed by atoms with E-state index in [1.165, 1.54) is 6.42 Å². The fourth-order valence-corrected chi connectivity index (χ4v) is 1.80. The molecule has 0 aliphatic carbocycles. The summed E-state index contributed by atoms with van der Waals surface area (Å²) in [5.41, 5.74) is 0. The maximum absolute atomic E-state index is 5.42. The maximum atomic E-state index is 5.42. The van der Waals surface area contributed by atoms with Crippen molar-refractivity contribution in [2.45, 2.75) is 19.4 Å². The highest BCUT2D eigenvalue weighted by Crippen LogP contribution is 1.99. The van der Waals surface area contributed by atoms with Gasteiger partial charge in [-0.3, -0.25) is 4.90 Å². The Kier molecular flexibility index (Phi) is 5.83. The first kappa shape index (κ1) is 11.7. The van der Waals surface area contributed by atoms with Gasteiger partial charge in [-0.25, -0.2) is 0 Å². The predicted molar refractivity (Wildman–Crippen MR) is 59.5 cm³/mol. The predicted octanol–water partition coefficient (Wildman–Crippen LogP) is 0.873. The van der Waals surface area contributed by atoms with Crippen LogP contribution >= 0.6 is 0 Å². The largest absolute Gasteiger partial charge is 0.378 e. The van der Waals surface area contributed by atoms with Crippen LogP contribution in [0, 0.1) is 0 Å². The van der Waals surface area contributed by atoms with E-state index in [9.17, 15) is 0 Å². The van der Waals surface area contributed by atoms with Gasteiger partial charge in [0, 0.05) is 25.7 Å². The first-order valence-corrected chi connectivity index (χ1v) is 5.51. The van der Waals surface area contributed by atoms with Crippen LogP contribution in [0.2, 0.25) is 0 Å². The molecule has 1 unspecified atom stereocenters. The molecule has 1 saturated heterocycles. The SMILES string of the molecule is C=CCN(CCC)CC1COCCN1. The summed E-state index contributed by atoms with van der Waals surface area (Å²) in [6, 6.07) is 0.496. The number of hydrogen-bond acceptors (Lipinski definition) is 3. The van der Waals surface area contributed by atoms with Crippen molar-refractivity contribution in [3.05, 3.63) is 12.7 Å². The Bertz CT molecular complexity index is 155. The molecule has 0 radical (unpaired) electrons. The van der Waals surface area contributed by atoms with E-state index in [0.717, 1.165) is 39.4 Å². The molecule has 1 heterocycles. The minimum atomic E-state index is 0.496. The second-order valence-electron chi connectivity index (χ2n) is 3.77. The normalized spacial score (nSPS) is 22.6. The highest BCUT2D eigenvalue weighted by atomic mass is 16.5. The number of morpholine rings is 1. The molecule has 0 saturated carbocycles. The van der Waals surface area contributed by atoms with Crippen LogP contribution in [0.15, 0.2) is 12.7 Å². The van der Waals surface area contributed by atoms with Crippen LogP contribution in [0.4, 0.5) is 0 Å². The Labute approximate surface area is 87.1 Å². The van der Waals surface area contributed by atoms with Crippen molar-refractivity contribution in [1.82, 2.24) is 10.2 Å². The molecule has 82 valence electrons. The van der Waals surface area contributed by atoms with Crippen molar-refractivity contribution in [3.63, 3.8) is 0 Å². The number of nitrogens with one attached hydrogen (secondary N) is 1. The van der Waals surface area contributed by atoms with Crippen LogP contribution < -0.4 is 5.32 Å². The van der Waals surface area contributed by atoms with Gasteiger partial charge in [-0.2, -0.15) is 0 Å². The van der Waals surface area contributed by atoms with E-state index in [4.69, 9.17) is 4.74 Å². The minimum absolute atomic E-state index is 0.496. The molecule has 1 aliphatic rings. The van der Waals surface area contributed by atoms with Crippen molar-refractivity contribution in [1.29, 1.82) is 0 Å². The first-order chi connectivity index (χ1) is 6.86. The zero-order valence-electron chi connectivity index (χ0n) is 9.17. The molecule has 1 rings (SSSR count). The smallest absolute Gasteiger partial charge is 0.0632 e. The second kappa shape index (κ2) is 6.98. The Hall–Kier alpha value is -0.380. The van der Waals surface area contributed by atoms with Crippen molar-refractivity contribution >= 4 is 0 Å². The monoisotopic (exact) mass is 198 g/mol. The van der Waals surface area contributed by atoms with Gasteiger partial charge in [-0.1, -0.05) is 13.0 Å². The van der Waals surface area contributed by atoms with Gasteiger partial charge < -0.3 is 10.1 Å². The van der Waals surface area contributed by atoms with Crippen LogP contribution in [0.25, 0.3) is 0 Å². The van der Waals surface area contributed by atoms with E-state index >= 15 is 0 Å². The minimum Gasteiger partial charge on any atom is -0.378 e. The lowest BCUT2D eigenvalue weighted by molar-refractivity contribution is 0.0635. The molecule has 0 bridgehead atoms. The number of rotatable bonds is 6. The van der Waals surface area contributed by atoms with Gasteiger partial charge in [0.25, 0.3) is 0 Å². The summed E-state index contributed by atoms with van der Waals surface area (Å²) in [5.74, 6) is 0. The first-order valence-electron chi connectivity index (χ1n) is 5.51. The van der Waals surface area contributed by atoms with Gasteiger partial charge in [-0.05, 0) is 13.0 Å². The van der Waals surface area contributed by atoms with Crippen LogP contribution in [0.1, 0.15) is 13.3 Å². The van der Waals surface area contributed by atoms with E-state index in [1.807, 2.05) is 6.08 Å². The van der Waals surface area contributed by atoms with E-state index in [0.29, 0.717) is 6.04 Å². The standard InChI is InChI=1S/C11H22N2O/c1-3-6-13(7-4-2)9-11-10-14-8-5-12-11/h3,11-12H,1,4-10H2,2H3. The van der Waals surface area contributed by atoms with E-state index in [2.05, 4.69) is 23.7 Å². The Morgan fingerprint density at radius 1 is 1.64 bits per heavy atom. The van der Waals surface area contributed by atoms with Crippen molar-refractivity contribution < 1.29 is 4.74 Å².